The van der Waals surface area contributed by atoms with E-state index in [9.17, 15) is 15.2 Å². The number of hydrogen-bond acceptors (Lipinski definition) is 4. The van der Waals surface area contributed by atoms with E-state index >= 15 is 0 Å². The van der Waals surface area contributed by atoms with Gasteiger partial charge in [0, 0.05) is 23.9 Å². The molecule has 2 rings (SSSR count). The molecule has 0 spiro atoms. The standard InChI is InChI=1S/C14H13ClN2O3/c1-9(10-3-2-4-12(7-10)17(19)20)16-11-5-6-14(18)13(15)8-11/h2-9,16,18H,1H3. The van der Waals surface area contributed by atoms with Gasteiger partial charge in [-0.1, -0.05) is 23.7 Å². The maximum Gasteiger partial charge on any atom is 0.269 e. The molecule has 5 nitrogen and oxygen atoms in total. The summed E-state index contributed by atoms with van der Waals surface area (Å²) in [6.45, 7) is 1.89. The first-order valence-electron chi connectivity index (χ1n) is 5.97. The van der Waals surface area contributed by atoms with Gasteiger partial charge in [-0.15, -0.1) is 0 Å². The van der Waals surface area contributed by atoms with Crippen LogP contribution in [0.25, 0.3) is 0 Å². The molecule has 0 saturated carbocycles. The van der Waals surface area contributed by atoms with Crippen molar-refractivity contribution in [1.29, 1.82) is 0 Å². The van der Waals surface area contributed by atoms with Crippen molar-refractivity contribution in [2.45, 2.75) is 13.0 Å². The molecule has 1 atom stereocenters. The normalized spacial score (nSPS) is 11.9. The number of nitro groups is 1. The van der Waals surface area contributed by atoms with Crippen LogP contribution in [0.15, 0.2) is 42.5 Å². The van der Waals surface area contributed by atoms with Gasteiger partial charge in [0.1, 0.15) is 5.75 Å². The van der Waals surface area contributed by atoms with Crippen molar-refractivity contribution in [2.75, 3.05) is 5.32 Å². The molecule has 0 bridgehead atoms. The number of nitrogens with zero attached hydrogens (tertiary/aromatic N) is 1. The highest BCUT2D eigenvalue weighted by Gasteiger charge is 2.11. The molecule has 0 saturated heterocycles. The number of phenols is 1. The fourth-order valence-electron chi connectivity index (χ4n) is 1.84. The topological polar surface area (TPSA) is 75.4 Å². The Bertz CT molecular complexity index is 646. The van der Waals surface area contributed by atoms with Crippen LogP contribution < -0.4 is 5.32 Å². The molecular formula is C14H13ClN2O3. The average molecular weight is 293 g/mol. The van der Waals surface area contributed by atoms with Crippen LogP contribution in [0.3, 0.4) is 0 Å². The SMILES string of the molecule is CC(Nc1ccc(O)c(Cl)c1)c1cccc([N+](=O)[O-])c1. The Hall–Kier alpha value is -2.27. The largest absolute Gasteiger partial charge is 0.506 e. The van der Waals surface area contributed by atoms with Gasteiger partial charge in [-0.2, -0.15) is 0 Å². The van der Waals surface area contributed by atoms with Crippen LogP contribution >= 0.6 is 11.6 Å². The molecule has 104 valence electrons. The van der Waals surface area contributed by atoms with Crippen LogP contribution in [0, 0.1) is 10.1 Å². The lowest BCUT2D eigenvalue weighted by Crippen LogP contribution is -2.06. The van der Waals surface area contributed by atoms with Crippen molar-refractivity contribution in [3.63, 3.8) is 0 Å². The Balaban J connectivity index is 2.19. The fourth-order valence-corrected chi connectivity index (χ4v) is 2.02. The lowest BCUT2D eigenvalue weighted by atomic mass is 10.1. The third kappa shape index (κ3) is 3.19. The zero-order valence-electron chi connectivity index (χ0n) is 10.7. The second-order valence-corrected chi connectivity index (χ2v) is 4.79. The highest BCUT2D eigenvalue weighted by atomic mass is 35.5. The van der Waals surface area contributed by atoms with Gasteiger partial charge in [0.15, 0.2) is 0 Å². The lowest BCUT2D eigenvalue weighted by Gasteiger charge is -2.16. The number of anilines is 1. The molecular weight excluding hydrogens is 280 g/mol. The monoisotopic (exact) mass is 292 g/mol. The van der Waals surface area contributed by atoms with E-state index in [0.29, 0.717) is 0 Å². The summed E-state index contributed by atoms with van der Waals surface area (Å²) in [5.74, 6) is 0.0141. The van der Waals surface area contributed by atoms with Gasteiger partial charge >= 0.3 is 0 Å². The Morgan fingerprint density at radius 3 is 2.70 bits per heavy atom. The van der Waals surface area contributed by atoms with Crippen LogP contribution in [0.5, 0.6) is 5.75 Å². The van der Waals surface area contributed by atoms with Gasteiger partial charge in [0.2, 0.25) is 0 Å². The van der Waals surface area contributed by atoms with E-state index in [1.807, 2.05) is 13.0 Å². The summed E-state index contributed by atoms with van der Waals surface area (Å²) in [6.07, 6.45) is 0. The zero-order valence-corrected chi connectivity index (χ0v) is 11.5. The molecule has 1 unspecified atom stereocenters. The third-order valence-electron chi connectivity index (χ3n) is 2.91. The van der Waals surface area contributed by atoms with Gasteiger partial charge in [0.05, 0.1) is 9.95 Å². The van der Waals surface area contributed by atoms with Gasteiger partial charge in [0.25, 0.3) is 5.69 Å². The van der Waals surface area contributed by atoms with Crippen molar-refractivity contribution < 1.29 is 10.0 Å². The Labute approximate surface area is 121 Å². The Morgan fingerprint density at radius 1 is 1.30 bits per heavy atom. The molecule has 0 fully saturated rings. The zero-order chi connectivity index (χ0) is 14.7. The summed E-state index contributed by atoms with van der Waals surface area (Å²) in [5.41, 5.74) is 1.58. The summed E-state index contributed by atoms with van der Waals surface area (Å²) < 4.78 is 0. The molecule has 2 aromatic rings. The molecule has 2 N–H and O–H groups in total. The highest BCUT2D eigenvalue weighted by molar-refractivity contribution is 6.32. The van der Waals surface area contributed by atoms with E-state index in [0.717, 1.165) is 11.3 Å². The second-order valence-electron chi connectivity index (χ2n) is 4.38. The number of aromatic hydroxyl groups is 1. The minimum absolute atomic E-state index is 0.0141. The van der Waals surface area contributed by atoms with Crippen molar-refractivity contribution >= 4 is 23.0 Å². The number of benzene rings is 2. The van der Waals surface area contributed by atoms with E-state index in [2.05, 4.69) is 5.32 Å². The van der Waals surface area contributed by atoms with Crippen LogP contribution in [0.1, 0.15) is 18.5 Å². The molecule has 0 amide bonds. The number of rotatable bonds is 4. The van der Waals surface area contributed by atoms with Crippen molar-refractivity contribution in [3.05, 3.63) is 63.2 Å². The fraction of sp³-hybridized carbons (Fsp3) is 0.143. The summed E-state index contributed by atoms with van der Waals surface area (Å²) in [5, 5.41) is 23.5. The molecule has 6 heteroatoms. The predicted molar refractivity (Wildman–Crippen MR) is 78.3 cm³/mol. The van der Waals surface area contributed by atoms with Crippen molar-refractivity contribution in [3.8, 4) is 5.75 Å². The van der Waals surface area contributed by atoms with Crippen LogP contribution in [-0.4, -0.2) is 10.0 Å². The summed E-state index contributed by atoms with van der Waals surface area (Å²) in [7, 11) is 0. The molecule has 0 aromatic heterocycles. The quantitative estimate of drug-likeness (QED) is 0.505. The molecule has 0 aliphatic heterocycles. The minimum Gasteiger partial charge on any atom is -0.506 e. The van der Waals surface area contributed by atoms with Crippen molar-refractivity contribution in [2.24, 2.45) is 0 Å². The summed E-state index contributed by atoms with van der Waals surface area (Å²) in [6, 6.07) is 11.1. The second kappa shape index (κ2) is 5.79. The van der Waals surface area contributed by atoms with Crippen molar-refractivity contribution in [1.82, 2.24) is 0 Å². The van der Waals surface area contributed by atoms with E-state index in [-0.39, 0.29) is 22.5 Å². The van der Waals surface area contributed by atoms with Gasteiger partial charge in [-0.05, 0) is 30.7 Å². The van der Waals surface area contributed by atoms with Gasteiger partial charge in [-0.25, -0.2) is 0 Å². The Kier molecular flexibility index (Phi) is 4.10. The number of nitro benzene ring substituents is 1. The third-order valence-corrected chi connectivity index (χ3v) is 3.21. The average Bonchev–Trinajstić information content (AvgIpc) is 2.43. The molecule has 0 heterocycles. The maximum atomic E-state index is 10.8. The number of hydrogen-bond donors (Lipinski definition) is 2. The number of phenolic OH excluding ortho intramolecular Hbond substituents is 1. The maximum absolute atomic E-state index is 10.8. The summed E-state index contributed by atoms with van der Waals surface area (Å²) in [4.78, 5) is 10.3. The van der Waals surface area contributed by atoms with Gasteiger partial charge in [-0.3, -0.25) is 10.1 Å². The number of nitrogens with one attached hydrogen (secondary N) is 1. The smallest absolute Gasteiger partial charge is 0.269 e. The predicted octanol–water partition coefficient (Wildman–Crippen LogP) is 4.13. The van der Waals surface area contributed by atoms with Gasteiger partial charge < -0.3 is 10.4 Å². The first-order chi connectivity index (χ1) is 9.47. The van der Waals surface area contributed by atoms with E-state index in [1.54, 1.807) is 18.2 Å². The first-order valence-corrected chi connectivity index (χ1v) is 6.34. The highest BCUT2D eigenvalue weighted by Crippen LogP contribution is 2.28. The minimum atomic E-state index is -0.423. The van der Waals surface area contributed by atoms with E-state index in [4.69, 9.17) is 11.6 Å². The number of halogens is 1. The van der Waals surface area contributed by atoms with E-state index < -0.39 is 4.92 Å². The molecule has 0 aliphatic rings. The Morgan fingerprint density at radius 2 is 2.05 bits per heavy atom. The van der Waals surface area contributed by atoms with Crippen LogP contribution in [-0.2, 0) is 0 Å². The molecule has 0 radical (unpaired) electrons. The molecule has 20 heavy (non-hydrogen) atoms. The van der Waals surface area contributed by atoms with Crippen LogP contribution in [0.4, 0.5) is 11.4 Å². The molecule has 2 aromatic carbocycles. The summed E-state index contributed by atoms with van der Waals surface area (Å²) >= 11 is 5.83. The first kappa shape index (κ1) is 14.1. The van der Waals surface area contributed by atoms with Crippen LogP contribution in [0.2, 0.25) is 5.02 Å². The van der Waals surface area contributed by atoms with E-state index in [1.165, 1.54) is 18.2 Å². The number of non-ortho nitro benzene ring substituents is 1. The lowest BCUT2D eigenvalue weighted by molar-refractivity contribution is -0.384. The molecule has 0 aliphatic carbocycles.